The molecule has 2 heterocycles. The van der Waals surface area contributed by atoms with Crippen LogP contribution in [0, 0.1) is 0 Å². The Hall–Kier alpha value is -1.71. The zero-order chi connectivity index (χ0) is 16.9. The van der Waals surface area contributed by atoms with Crippen molar-refractivity contribution in [3.63, 3.8) is 0 Å². The molecule has 128 valence electrons. The molecule has 1 saturated carbocycles. The van der Waals surface area contributed by atoms with E-state index >= 15 is 0 Å². The van der Waals surface area contributed by atoms with Gasteiger partial charge in [0.1, 0.15) is 17.7 Å². The van der Waals surface area contributed by atoms with E-state index in [1.807, 2.05) is 0 Å². The van der Waals surface area contributed by atoms with Gasteiger partial charge in [-0.05, 0) is 0 Å². The number of rotatable bonds is 3. The van der Waals surface area contributed by atoms with Crippen molar-refractivity contribution in [2.45, 2.75) is 69.5 Å². The van der Waals surface area contributed by atoms with Crippen molar-refractivity contribution in [1.82, 2.24) is 5.32 Å². The summed E-state index contributed by atoms with van der Waals surface area (Å²) in [5.41, 5.74) is -1.30. The van der Waals surface area contributed by atoms with Crippen molar-refractivity contribution >= 4 is 17.8 Å². The summed E-state index contributed by atoms with van der Waals surface area (Å²) in [7, 11) is 0. The maximum atomic E-state index is 11.7. The average Bonchev–Trinajstić information content (AvgIpc) is 2.77. The quantitative estimate of drug-likeness (QED) is 0.607. The number of hydrogen-bond donors (Lipinski definition) is 2. The number of fused-ring (bicyclic) bond motifs is 2. The lowest BCUT2D eigenvalue weighted by Gasteiger charge is -2.52. The van der Waals surface area contributed by atoms with Crippen molar-refractivity contribution in [3.8, 4) is 0 Å². The molecule has 3 aliphatic rings. The highest BCUT2D eigenvalue weighted by molar-refractivity contribution is 5.75. The number of aliphatic hydroxyl groups is 1. The van der Waals surface area contributed by atoms with E-state index in [-0.39, 0.29) is 6.42 Å². The molecule has 2 aliphatic heterocycles. The maximum absolute atomic E-state index is 11.7. The molecule has 3 bridgehead atoms. The highest BCUT2D eigenvalue weighted by Gasteiger charge is 2.71. The number of amides is 1. The number of hydrogen-bond acceptors (Lipinski definition) is 8. The first kappa shape index (κ1) is 16.2. The summed E-state index contributed by atoms with van der Waals surface area (Å²) in [6.07, 6.45) is -5.30. The number of ether oxygens (including phenoxy) is 4. The first-order valence-corrected chi connectivity index (χ1v) is 7.37. The van der Waals surface area contributed by atoms with Gasteiger partial charge in [0.25, 0.3) is 0 Å². The molecule has 3 fully saturated rings. The summed E-state index contributed by atoms with van der Waals surface area (Å²) in [6, 6.07) is 0. The summed E-state index contributed by atoms with van der Waals surface area (Å²) >= 11 is 0. The predicted octanol–water partition coefficient (Wildman–Crippen LogP) is -1.39. The molecule has 0 radical (unpaired) electrons. The third-order valence-corrected chi connectivity index (χ3v) is 4.39. The summed E-state index contributed by atoms with van der Waals surface area (Å²) in [6.45, 7) is 3.74. The third kappa shape index (κ3) is 2.48. The highest BCUT2D eigenvalue weighted by Crippen LogP contribution is 2.49. The van der Waals surface area contributed by atoms with Gasteiger partial charge >= 0.3 is 11.9 Å². The molecule has 0 spiro atoms. The third-order valence-electron chi connectivity index (χ3n) is 4.39. The molecular weight excluding hydrogens is 310 g/mol. The molecule has 2 saturated heterocycles. The van der Waals surface area contributed by atoms with Crippen molar-refractivity contribution in [3.05, 3.63) is 0 Å². The van der Waals surface area contributed by atoms with Crippen LogP contribution in [0.15, 0.2) is 0 Å². The highest BCUT2D eigenvalue weighted by atomic mass is 16.8. The first-order valence-electron chi connectivity index (χ1n) is 7.37. The fourth-order valence-electron chi connectivity index (χ4n) is 3.80. The second kappa shape index (κ2) is 5.43. The van der Waals surface area contributed by atoms with Gasteiger partial charge in [-0.1, -0.05) is 0 Å². The Morgan fingerprint density at radius 2 is 1.61 bits per heavy atom. The van der Waals surface area contributed by atoms with Gasteiger partial charge in [-0.2, -0.15) is 0 Å². The van der Waals surface area contributed by atoms with E-state index in [2.05, 4.69) is 5.32 Å². The molecule has 0 aromatic carbocycles. The number of nitrogens with one attached hydrogen (secondary N) is 1. The Morgan fingerprint density at radius 3 is 2.17 bits per heavy atom. The molecule has 9 nitrogen and oxygen atoms in total. The molecule has 1 aliphatic carbocycles. The van der Waals surface area contributed by atoms with Gasteiger partial charge in [-0.25, -0.2) is 0 Å². The van der Waals surface area contributed by atoms with E-state index in [0.717, 1.165) is 0 Å². The molecule has 1 amide bonds. The molecule has 2 N–H and O–H groups in total. The summed E-state index contributed by atoms with van der Waals surface area (Å²) < 4.78 is 21.9. The summed E-state index contributed by atoms with van der Waals surface area (Å²) in [4.78, 5) is 34.7. The second-order valence-corrected chi connectivity index (χ2v) is 6.12. The maximum Gasteiger partial charge on any atom is 0.303 e. The fourth-order valence-corrected chi connectivity index (χ4v) is 3.80. The number of aliphatic hydroxyl groups excluding tert-OH is 1. The molecule has 9 heteroatoms. The standard InChI is InChI=1S/C14H19NO8/c1-5(16)15-14-4-8(19)9-10(11(14)20-6(2)17)23-13(22-9)12(14)21-7(3)18/h8-13,19H,4H2,1-3H3,(H,15,16)/t8-,9-,10+,11+,12+,13+,14+/m0/s1. The van der Waals surface area contributed by atoms with Gasteiger partial charge in [0, 0.05) is 27.2 Å². The molecule has 0 unspecified atom stereocenters. The first-order chi connectivity index (χ1) is 10.7. The average molecular weight is 329 g/mol. The van der Waals surface area contributed by atoms with Crippen LogP contribution >= 0.6 is 0 Å². The lowest BCUT2D eigenvalue weighted by Crippen LogP contribution is -2.76. The normalized spacial score (nSPS) is 43.8. The van der Waals surface area contributed by atoms with Gasteiger partial charge in [-0.3, -0.25) is 14.4 Å². The molecule has 0 aromatic heterocycles. The van der Waals surface area contributed by atoms with Crippen LogP contribution in [-0.2, 0) is 33.3 Å². The Labute approximate surface area is 132 Å². The summed E-state index contributed by atoms with van der Waals surface area (Å²) in [5, 5.41) is 13.0. The molecular formula is C14H19NO8. The van der Waals surface area contributed by atoms with Crippen LogP contribution in [0.1, 0.15) is 27.2 Å². The van der Waals surface area contributed by atoms with Crippen LogP contribution in [0.4, 0.5) is 0 Å². The van der Waals surface area contributed by atoms with Crippen LogP contribution < -0.4 is 5.32 Å². The largest absolute Gasteiger partial charge is 0.457 e. The molecule has 7 atom stereocenters. The minimum absolute atomic E-state index is 0.0174. The summed E-state index contributed by atoms with van der Waals surface area (Å²) in [5.74, 6) is -1.58. The Balaban J connectivity index is 2.07. The monoisotopic (exact) mass is 329 g/mol. The van der Waals surface area contributed by atoms with Crippen LogP contribution in [0.2, 0.25) is 0 Å². The lowest BCUT2D eigenvalue weighted by atomic mass is 9.70. The van der Waals surface area contributed by atoms with E-state index in [4.69, 9.17) is 18.9 Å². The van der Waals surface area contributed by atoms with E-state index in [9.17, 15) is 19.5 Å². The number of carbonyl (C=O) groups excluding carboxylic acids is 3. The van der Waals surface area contributed by atoms with Crippen molar-refractivity contribution < 1.29 is 38.4 Å². The van der Waals surface area contributed by atoms with Gasteiger partial charge in [0.2, 0.25) is 5.91 Å². The lowest BCUT2D eigenvalue weighted by molar-refractivity contribution is -0.245. The van der Waals surface area contributed by atoms with Gasteiger partial charge in [0.15, 0.2) is 18.5 Å². The zero-order valence-corrected chi connectivity index (χ0v) is 13.0. The van der Waals surface area contributed by atoms with E-state index in [1.165, 1.54) is 20.8 Å². The zero-order valence-electron chi connectivity index (χ0n) is 13.0. The topological polar surface area (TPSA) is 120 Å². The fraction of sp³-hybridized carbons (Fsp3) is 0.786. The Bertz CT molecular complexity index is 531. The van der Waals surface area contributed by atoms with E-state index < -0.39 is 60.2 Å². The van der Waals surface area contributed by atoms with Crippen molar-refractivity contribution in [1.29, 1.82) is 0 Å². The molecule has 0 aromatic rings. The van der Waals surface area contributed by atoms with Gasteiger partial charge < -0.3 is 29.4 Å². The SMILES string of the molecule is CC(=O)N[C@]12C[C@H](O)[C@@H]3O[C@H](O[C@H]3[C@H]1OC(C)=O)[C@H]2OC(C)=O. The predicted molar refractivity (Wildman–Crippen MR) is 71.8 cm³/mol. The van der Waals surface area contributed by atoms with Crippen LogP contribution in [-0.4, -0.2) is 65.3 Å². The van der Waals surface area contributed by atoms with E-state index in [0.29, 0.717) is 0 Å². The van der Waals surface area contributed by atoms with Crippen LogP contribution in [0.25, 0.3) is 0 Å². The molecule has 3 rings (SSSR count). The smallest absolute Gasteiger partial charge is 0.303 e. The second-order valence-electron chi connectivity index (χ2n) is 6.12. The van der Waals surface area contributed by atoms with Gasteiger partial charge in [-0.15, -0.1) is 0 Å². The minimum Gasteiger partial charge on any atom is -0.457 e. The van der Waals surface area contributed by atoms with Crippen molar-refractivity contribution in [2.24, 2.45) is 0 Å². The van der Waals surface area contributed by atoms with E-state index in [1.54, 1.807) is 0 Å². The van der Waals surface area contributed by atoms with Crippen LogP contribution in [0.5, 0.6) is 0 Å². The molecule has 23 heavy (non-hydrogen) atoms. The Kier molecular flexibility index (Phi) is 3.81. The van der Waals surface area contributed by atoms with Gasteiger partial charge in [0.05, 0.1) is 6.10 Å². The van der Waals surface area contributed by atoms with Crippen LogP contribution in [0.3, 0.4) is 0 Å². The minimum atomic E-state index is -1.30. The van der Waals surface area contributed by atoms with Crippen molar-refractivity contribution in [2.75, 3.05) is 0 Å². The Morgan fingerprint density at radius 1 is 1.04 bits per heavy atom. The number of carbonyl (C=O) groups is 3. The number of esters is 2.